The zero-order valence-corrected chi connectivity index (χ0v) is 12.1. The van der Waals surface area contributed by atoms with Gasteiger partial charge in [0, 0.05) is 29.1 Å². The third-order valence-corrected chi connectivity index (χ3v) is 4.67. The summed E-state index contributed by atoms with van der Waals surface area (Å²) in [7, 11) is 0. The molecule has 2 aliphatic heterocycles. The fraction of sp³-hybridized carbons (Fsp3) is 0.438. The third kappa shape index (κ3) is 2.59. The van der Waals surface area contributed by atoms with Crippen molar-refractivity contribution in [3.05, 3.63) is 35.6 Å². The van der Waals surface area contributed by atoms with Gasteiger partial charge in [0.15, 0.2) is 0 Å². The van der Waals surface area contributed by atoms with Crippen LogP contribution in [0.15, 0.2) is 28.7 Å². The van der Waals surface area contributed by atoms with Crippen molar-refractivity contribution in [2.75, 3.05) is 0 Å². The van der Waals surface area contributed by atoms with Crippen molar-refractivity contribution in [3.63, 3.8) is 0 Å². The standard InChI is InChI=1S/C16H15F3N2O2/c17-16(18,19)14-6-9-5-8(1-4-13(9)23-14)15(22)21-12-7-10-2-3-11(12)20-10/h1,4-6,10-12,20H,2-3,7H2,(H,21,22)/t10-,11+,12-/m1/s1. The Morgan fingerprint density at radius 2 is 2.09 bits per heavy atom. The summed E-state index contributed by atoms with van der Waals surface area (Å²) in [6.07, 6.45) is -1.44. The minimum absolute atomic E-state index is 0.0898. The van der Waals surface area contributed by atoms with Crippen molar-refractivity contribution in [2.24, 2.45) is 0 Å². The van der Waals surface area contributed by atoms with Crippen LogP contribution < -0.4 is 10.6 Å². The molecule has 0 saturated carbocycles. The highest BCUT2D eigenvalue weighted by Gasteiger charge is 2.39. The Kier molecular flexibility index (Phi) is 3.16. The van der Waals surface area contributed by atoms with Gasteiger partial charge in [0.1, 0.15) is 5.58 Å². The molecular weight excluding hydrogens is 309 g/mol. The molecule has 2 aromatic rings. The molecule has 2 fully saturated rings. The van der Waals surface area contributed by atoms with Crippen LogP contribution in [0.25, 0.3) is 11.0 Å². The van der Waals surface area contributed by atoms with Crippen LogP contribution in [-0.4, -0.2) is 24.0 Å². The van der Waals surface area contributed by atoms with Crippen molar-refractivity contribution in [1.29, 1.82) is 0 Å². The lowest BCUT2D eigenvalue weighted by Gasteiger charge is -2.21. The van der Waals surface area contributed by atoms with E-state index in [9.17, 15) is 18.0 Å². The average molecular weight is 324 g/mol. The van der Waals surface area contributed by atoms with Crippen LogP contribution in [0, 0.1) is 0 Å². The van der Waals surface area contributed by atoms with Gasteiger partial charge in [-0.15, -0.1) is 0 Å². The summed E-state index contributed by atoms with van der Waals surface area (Å²) >= 11 is 0. The van der Waals surface area contributed by atoms with Crippen molar-refractivity contribution < 1.29 is 22.4 Å². The largest absolute Gasteiger partial charge is 0.452 e. The molecule has 3 heterocycles. The molecule has 1 amide bonds. The fourth-order valence-corrected chi connectivity index (χ4v) is 3.56. The summed E-state index contributed by atoms with van der Waals surface area (Å²) in [6.45, 7) is 0. The Morgan fingerprint density at radius 3 is 2.74 bits per heavy atom. The first kappa shape index (κ1) is 14.6. The maximum atomic E-state index is 12.7. The lowest BCUT2D eigenvalue weighted by Crippen LogP contribution is -2.42. The van der Waals surface area contributed by atoms with Crippen LogP contribution in [-0.2, 0) is 6.18 Å². The zero-order valence-electron chi connectivity index (χ0n) is 12.1. The van der Waals surface area contributed by atoms with E-state index in [4.69, 9.17) is 4.42 Å². The molecule has 122 valence electrons. The molecule has 2 N–H and O–H groups in total. The lowest BCUT2D eigenvalue weighted by molar-refractivity contribution is -0.152. The number of nitrogens with one attached hydrogen (secondary N) is 2. The maximum Gasteiger partial charge on any atom is 0.449 e. The van der Waals surface area contributed by atoms with Gasteiger partial charge >= 0.3 is 6.18 Å². The van der Waals surface area contributed by atoms with Crippen LogP contribution >= 0.6 is 0 Å². The number of fused-ring (bicyclic) bond motifs is 3. The summed E-state index contributed by atoms with van der Waals surface area (Å²) in [5, 5.41) is 6.68. The van der Waals surface area contributed by atoms with E-state index in [1.54, 1.807) is 0 Å². The topological polar surface area (TPSA) is 54.3 Å². The van der Waals surface area contributed by atoms with Gasteiger partial charge in [-0.2, -0.15) is 13.2 Å². The van der Waals surface area contributed by atoms with Crippen molar-refractivity contribution in [3.8, 4) is 0 Å². The van der Waals surface area contributed by atoms with E-state index in [2.05, 4.69) is 10.6 Å². The van der Waals surface area contributed by atoms with Gasteiger partial charge < -0.3 is 15.1 Å². The quantitative estimate of drug-likeness (QED) is 0.893. The number of rotatable bonds is 2. The van der Waals surface area contributed by atoms with E-state index in [0.717, 1.165) is 25.3 Å². The van der Waals surface area contributed by atoms with Crippen molar-refractivity contribution in [2.45, 2.75) is 43.6 Å². The predicted octanol–water partition coefficient (Wildman–Crippen LogP) is 3.07. The molecule has 2 bridgehead atoms. The normalized spacial score (nSPS) is 26.8. The Balaban J connectivity index is 1.55. The fourth-order valence-electron chi connectivity index (χ4n) is 3.56. The number of benzene rings is 1. The van der Waals surface area contributed by atoms with Crippen molar-refractivity contribution >= 4 is 16.9 Å². The number of carbonyl (C=O) groups excluding carboxylic acids is 1. The molecule has 4 rings (SSSR count). The van der Waals surface area contributed by atoms with Crippen LogP contribution in [0.4, 0.5) is 13.2 Å². The second-order valence-corrected chi connectivity index (χ2v) is 6.22. The molecule has 7 heteroatoms. The van der Waals surface area contributed by atoms with E-state index < -0.39 is 11.9 Å². The minimum atomic E-state index is -4.53. The monoisotopic (exact) mass is 324 g/mol. The predicted molar refractivity (Wildman–Crippen MR) is 77.0 cm³/mol. The number of alkyl halides is 3. The van der Waals surface area contributed by atoms with Gasteiger partial charge in [0.2, 0.25) is 5.76 Å². The summed E-state index contributed by atoms with van der Waals surface area (Å²) in [5.74, 6) is -1.32. The van der Waals surface area contributed by atoms with Gasteiger partial charge in [0.05, 0.1) is 0 Å². The highest BCUT2D eigenvalue weighted by atomic mass is 19.4. The molecule has 1 aromatic carbocycles. The SMILES string of the molecule is O=C(N[C@@H]1C[C@H]2CC[C@@H]1N2)c1ccc2oc(C(F)(F)F)cc2c1. The third-order valence-electron chi connectivity index (χ3n) is 4.67. The minimum Gasteiger partial charge on any atom is -0.452 e. The summed E-state index contributed by atoms with van der Waals surface area (Å²) in [4.78, 5) is 12.3. The van der Waals surface area contributed by atoms with Gasteiger partial charge in [0.25, 0.3) is 5.91 Å². The van der Waals surface area contributed by atoms with Crippen molar-refractivity contribution in [1.82, 2.24) is 10.6 Å². The molecule has 2 aliphatic rings. The number of hydrogen-bond donors (Lipinski definition) is 2. The summed E-state index contributed by atoms with van der Waals surface area (Å²) in [6, 6.07) is 6.11. The van der Waals surface area contributed by atoms with Crippen LogP contribution in [0.3, 0.4) is 0 Å². The zero-order chi connectivity index (χ0) is 16.2. The molecule has 3 atom stereocenters. The van der Waals surface area contributed by atoms with Gasteiger partial charge in [-0.1, -0.05) is 0 Å². The molecule has 0 unspecified atom stereocenters. The van der Waals surface area contributed by atoms with Gasteiger partial charge in [-0.05, 0) is 43.5 Å². The van der Waals surface area contributed by atoms with E-state index in [-0.39, 0.29) is 22.9 Å². The molecule has 0 spiro atoms. The first-order chi connectivity index (χ1) is 10.9. The maximum absolute atomic E-state index is 12.7. The highest BCUT2D eigenvalue weighted by Crippen LogP contribution is 2.34. The average Bonchev–Trinajstić information content (AvgIpc) is 3.20. The van der Waals surface area contributed by atoms with Crippen LogP contribution in [0.5, 0.6) is 0 Å². The Morgan fingerprint density at radius 1 is 1.26 bits per heavy atom. The number of carbonyl (C=O) groups is 1. The Hall–Kier alpha value is -2.02. The first-order valence-electron chi connectivity index (χ1n) is 7.58. The first-order valence-corrected chi connectivity index (χ1v) is 7.58. The van der Waals surface area contributed by atoms with E-state index in [1.165, 1.54) is 18.2 Å². The second kappa shape index (κ2) is 4.99. The molecule has 4 nitrogen and oxygen atoms in total. The molecule has 23 heavy (non-hydrogen) atoms. The smallest absolute Gasteiger partial charge is 0.449 e. The highest BCUT2D eigenvalue weighted by molar-refractivity contribution is 5.98. The number of amides is 1. The molecule has 1 aromatic heterocycles. The Bertz CT molecular complexity index is 768. The summed E-state index contributed by atoms with van der Waals surface area (Å²) in [5.41, 5.74) is 0.463. The van der Waals surface area contributed by atoms with Crippen LogP contribution in [0.1, 0.15) is 35.4 Å². The molecule has 2 saturated heterocycles. The molecule has 0 aliphatic carbocycles. The second-order valence-electron chi connectivity index (χ2n) is 6.22. The van der Waals surface area contributed by atoms with E-state index in [0.29, 0.717) is 17.6 Å². The number of hydrogen-bond acceptors (Lipinski definition) is 3. The van der Waals surface area contributed by atoms with Crippen LogP contribution in [0.2, 0.25) is 0 Å². The molecular formula is C16H15F3N2O2. The number of furan rings is 1. The number of halogens is 3. The summed E-state index contributed by atoms with van der Waals surface area (Å²) < 4.78 is 42.8. The van der Waals surface area contributed by atoms with Gasteiger partial charge in [-0.25, -0.2) is 0 Å². The molecule has 0 radical (unpaired) electrons. The van der Waals surface area contributed by atoms with E-state index in [1.807, 2.05) is 0 Å². The van der Waals surface area contributed by atoms with Gasteiger partial charge in [-0.3, -0.25) is 4.79 Å². The van der Waals surface area contributed by atoms with E-state index >= 15 is 0 Å². The Labute approximate surface area is 130 Å². The lowest BCUT2D eigenvalue weighted by atomic mass is 9.95.